The Bertz CT molecular complexity index is 1560. The van der Waals surface area contributed by atoms with Crippen molar-refractivity contribution in [3.63, 3.8) is 0 Å². The molecule has 0 saturated heterocycles. The fraction of sp³-hybridized carbons (Fsp3) is 0.188. The van der Waals surface area contributed by atoms with Gasteiger partial charge in [-0.15, -0.1) is 0 Å². The smallest absolute Gasteiger partial charge is 0.335 e. The minimum atomic E-state index is -0.959. The summed E-state index contributed by atoms with van der Waals surface area (Å²) < 4.78 is 11.3. The Kier molecular flexibility index (Phi) is 4.73. The van der Waals surface area contributed by atoms with Gasteiger partial charge in [-0.3, -0.25) is 0 Å². The largest absolute Gasteiger partial charge is 0.497 e. The number of methoxy groups -OCH3 is 2. The number of ether oxygens (including phenoxy) is 2. The van der Waals surface area contributed by atoms with Gasteiger partial charge in [0, 0.05) is 23.7 Å². The van der Waals surface area contributed by atoms with E-state index < -0.39 is 11.9 Å². The number of hydrogen-bond acceptors (Lipinski definition) is 4. The molecule has 4 atom stereocenters. The average molecular weight is 505 g/mol. The van der Waals surface area contributed by atoms with Crippen molar-refractivity contribution in [2.24, 2.45) is 0 Å². The van der Waals surface area contributed by atoms with Gasteiger partial charge in [0.15, 0.2) is 0 Å². The first kappa shape index (κ1) is 22.6. The molecule has 6 aliphatic rings. The zero-order valence-electron chi connectivity index (χ0n) is 20.8. The summed E-state index contributed by atoms with van der Waals surface area (Å²) in [6.07, 6.45) is 0. The first-order valence-corrected chi connectivity index (χ1v) is 12.5. The third-order valence-corrected chi connectivity index (χ3v) is 8.60. The lowest BCUT2D eigenvalue weighted by atomic mass is 9.53. The van der Waals surface area contributed by atoms with E-state index in [0.29, 0.717) is 0 Å². The molecule has 2 N–H and O–H groups in total. The highest BCUT2D eigenvalue weighted by atomic mass is 16.5. The van der Waals surface area contributed by atoms with Gasteiger partial charge >= 0.3 is 11.9 Å². The molecule has 6 nitrogen and oxygen atoms in total. The zero-order valence-corrected chi connectivity index (χ0v) is 20.8. The molecule has 10 rings (SSSR count). The van der Waals surface area contributed by atoms with Crippen LogP contribution in [-0.2, 0) is 0 Å². The van der Waals surface area contributed by atoms with Crippen molar-refractivity contribution >= 4 is 11.9 Å². The number of carboxylic acids is 2. The first-order chi connectivity index (χ1) is 18.4. The third-order valence-electron chi connectivity index (χ3n) is 8.60. The van der Waals surface area contributed by atoms with Crippen molar-refractivity contribution in [3.05, 3.63) is 128 Å². The summed E-state index contributed by atoms with van der Waals surface area (Å²) in [5.41, 5.74) is 9.21. The number of carbonyl (C=O) groups is 2. The molecule has 188 valence electrons. The summed E-state index contributed by atoms with van der Waals surface area (Å²) in [5, 5.41) is 19.7. The van der Waals surface area contributed by atoms with E-state index in [1.165, 1.54) is 0 Å². The first-order valence-electron chi connectivity index (χ1n) is 12.5. The maximum absolute atomic E-state index is 12.0. The summed E-state index contributed by atoms with van der Waals surface area (Å²) in [5.74, 6) is -1.09. The molecule has 0 aliphatic heterocycles. The van der Waals surface area contributed by atoms with Crippen molar-refractivity contribution in [2.75, 3.05) is 14.2 Å². The van der Waals surface area contributed by atoms with Gasteiger partial charge in [-0.25, -0.2) is 9.59 Å². The molecule has 0 fully saturated rings. The number of rotatable bonds is 4. The monoisotopic (exact) mass is 504 g/mol. The molecule has 0 spiro atoms. The van der Waals surface area contributed by atoms with Gasteiger partial charge in [-0.2, -0.15) is 0 Å². The summed E-state index contributed by atoms with van der Waals surface area (Å²) in [6.45, 7) is 0. The topological polar surface area (TPSA) is 93.1 Å². The molecule has 0 radical (unpaired) electrons. The van der Waals surface area contributed by atoms with E-state index >= 15 is 0 Å². The molecule has 4 aromatic carbocycles. The van der Waals surface area contributed by atoms with E-state index in [1.54, 1.807) is 26.4 Å². The van der Waals surface area contributed by atoms with E-state index in [-0.39, 0.29) is 34.8 Å². The van der Waals surface area contributed by atoms with Crippen molar-refractivity contribution in [3.8, 4) is 11.5 Å². The molecule has 6 aliphatic carbocycles. The average Bonchev–Trinajstić information content (AvgIpc) is 2.92. The third kappa shape index (κ3) is 2.94. The van der Waals surface area contributed by atoms with E-state index in [1.807, 2.05) is 36.4 Å². The van der Waals surface area contributed by atoms with Crippen LogP contribution >= 0.6 is 0 Å². The molecule has 6 heteroatoms. The van der Waals surface area contributed by atoms with Crippen molar-refractivity contribution in [2.45, 2.75) is 23.7 Å². The van der Waals surface area contributed by atoms with Gasteiger partial charge < -0.3 is 19.7 Å². The second kappa shape index (κ2) is 7.96. The van der Waals surface area contributed by atoms with Crippen LogP contribution in [0.25, 0.3) is 0 Å². The standard InChI is InChI=1S/C32H24O6/c1-37-17-5-9-21-25(13-17)29-19-7-3-15(31(33)34)11-23(19)27(21)30-20-8-4-16(32(35)36)12-24(20)28(29)22-10-6-18(38-2)14-26(22)30/h3-14,27-30H,1-2H3,(H,33,34)(H,35,36)/t27-,28-,29-,30-/m1/s1. The predicted molar refractivity (Wildman–Crippen MR) is 140 cm³/mol. The van der Waals surface area contributed by atoms with Crippen LogP contribution < -0.4 is 9.47 Å². The summed E-state index contributed by atoms with van der Waals surface area (Å²) in [7, 11) is 3.30. The van der Waals surface area contributed by atoms with Crippen LogP contribution in [-0.4, -0.2) is 36.4 Å². The van der Waals surface area contributed by atoms with Crippen LogP contribution in [0.4, 0.5) is 0 Å². The normalized spacial score (nSPS) is 21.3. The molecule has 0 heterocycles. The Labute approximate surface area is 219 Å². The Morgan fingerprint density at radius 2 is 0.816 bits per heavy atom. The molecular formula is C32H24O6. The predicted octanol–water partition coefficient (Wildman–Crippen LogP) is 5.97. The van der Waals surface area contributed by atoms with Gasteiger partial charge in [-0.05, 0) is 93.0 Å². The van der Waals surface area contributed by atoms with Crippen LogP contribution in [0, 0.1) is 0 Å². The summed E-state index contributed by atoms with van der Waals surface area (Å²) in [4.78, 5) is 24.1. The minimum absolute atomic E-state index is 0.162. The molecule has 0 amide bonds. The molecular weight excluding hydrogens is 480 g/mol. The SMILES string of the molecule is COc1ccc2c(c1)[C@H]1c3ccc(C(=O)O)cc3[C@@H]2[C@@H]2c3ccc(C(=O)O)cc3[C@H]1c1ccc(OC)cc12. The van der Waals surface area contributed by atoms with Gasteiger partial charge in [-0.1, -0.05) is 24.3 Å². The van der Waals surface area contributed by atoms with Crippen molar-refractivity contribution < 1.29 is 29.3 Å². The van der Waals surface area contributed by atoms with Gasteiger partial charge in [0.1, 0.15) is 11.5 Å². The van der Waals surface area contributed by atoms with Crippen LogP contribution in [0.3, 0.4) is 0 Å². The maximum atomic E-state index is 12.0. The molecule has 4 bridgehead atoms. The Morgan fingerprint density at radius 3 is 1.13 bits per heavy atom. The van der Waals surface area contributed by atoms with Gasteiger partial charge in [0.2, 0.25) is 0 Å². The Balaban J connectivity index is 1.63. The quantitative estimate of drug-likeness (QED) is 0.356. The lowest BCUT2D eigenvalue weighted by Crippen LogP contribution is -2.36. The van der Waals surface area contributed by atoms with Crippen LogP contribution in [0.2, 0.25) is 0 Å². The van der Waals surface area contributed by atoms with Crippen molar-refractivity contribution in [1.82, 2.24) is 0 Å². The lowest BCUT2D eigenvalue weighted by Gasteiger charge is -2.50. The van der Waals surface area contributed by atoms with E-state index in [9.17, 15) is 19.8 Å². The zero-order chi connectivity index (χ0) is 26.3. The fourth-order valence-electron chi connectivity index (χ4n) is 7.09. The lowest BCUT2D eigenvalue weighted by molar-refractivity contribution is 0.0686. The Morgan fingerprint density at radius 1 is 0.500 bits per heavy atom. The maximum Gasteiger partial charge on any atom is 0.335 e. The highest BCUT2D eigenvalue weighted by molar-refractivity contribution is 5.89. The number of aromatic carboxylic acids is 2. The number of hydrogen-bond donors (Lipinski definition) is 2. The summed E-state index contributed by atoms with van der Waals surface area (Å²) >= 11 is 0. The highest BCUT2D eigenvalue weighted by Crippen LogP contribution is 2.64. The second-order valence-corrected chi connectivity index (χ2v) is 10.2. The number of carboxylic acid groups (broad SMARTS) is 2. The molecule has 0 saturated carbocycles. The van der Waals surface area contributed by atoms with Gasteiger partial charge in [0.05, 0.1) is 25.3 Å². The summed E-state index contributed by atoms with van der Waals surface area (Å²) in [6, 6.07) is 23.2. The Hall–Kier alpha value is -4.58. The van der Waals surface area contributed by atoms with Crippen LogP contribution in [0.5, 0.6) is 11.5 Å². The molecule has 0 unspecified atom stereocenters. The van der Waals surface area contributed by atoms with Crippen LogP contribution in [0.1, 0.15) is 88.9 Å². The highest BCUT2D eigenvalue weighted by Gasteiger charge is 2.50. The fourth-order valence-corrected chi connectivity index (χ4v) is 7.09. The molecule has 0 aromatic heterocycles. The van der Waals surface area contributed by atoms with Gasteiger partial charge in [0.25, 0.3) is 0 Å². The second-order valence-electron chi connectivity index (χ2n) is 10.2. The van der Waals surface area contributed by atoms with Crippen LogP contribution in [0.15, 0.2) is 72.8 Å². The molecule has 4 aromatic rings. The minimum Gasteiger partial charge on any atom is -0.497 e. The van der Waals surface area contributed by atoms with E-state index in [4.69, 9.17) is 9.47 Å². The van der Waals surface area contributed by atoms with E-state index in [2.05, 4.69) is 24.3 Å². The van der Waals surface area contributed by atoms with E-state index in [0.717, 1.165) is 56.0 Å². The molecule has 38 heavy (non-hydrogen) atoms. The number of benzene rings is 4. The van der Waals surface area contributed by atoms with Crippen molar-refractivity contribution in [1.29, 1.82) is 0 Å².